The molecule has 238 valence electrons. The van der Waals surface area contributed by atoms with Crippen molar-refractivity contribution >= 4 is 33.6 Å². The normalized spacial score (nSPS) is 18.0. The van der Waals surface area contributed by atoms with Crippen LogP contribution in [0.15, 0.2) is 43.2 Å². The highest BCUT2D eigenvalue weighted by Gasteiger charge is 2.43. The Morgan fingerprint density at radius 1 is 1.09 bits per heavy atom. The summed E-state index contributed by atoms with van der Waals surface area (Å²) in [5.74, 6) is -0.172. The summed E-state index contributed by atoms with van der Waals surface area (Å²) in [7, 11) is 1.72. The van der Waals surface area contributed by atoms with Crippen LogP contribution in [0.2, 0.25) is 0 Å². The zero-order chi connectivity index (χ0) is 31.9. The summed E-state index contributed by atoms with van der Waals surface area (Å²) in [5, 5.41) is 37.2. The van der Waals surface area contributed by atoms with Crippen molar-refractivity contribution in [3.05, 3.63) is 54.6 Å². The van der Waals surface area contributed by atoms with Crippen LogP contribution >= 0.6 is 0 Å². The van der Waals surface area contributed by atoms with Gasteiger partial charge in [-0.05, 0) is 30.5 Å². The number of aliphatic hydroxyl groups is 3. The van der Waals surface area contributed by atoms with E-state index >= 15 is 4.39 Å². The minimum absolute atomic E-state index is 0.0485. The second-order valence-electron chi connectivity index (χ2n) is 11.4. The topological polar surface area (TPSA) is 176 Å². The molecule has 13 nitrogen and oxygen atoms in total. The fraction of sp³-hybridized carbons (Fsp3) is 0.414. The second-order valence-corrected chi connectivity index (χ2v) is 11.4. The first-order valence-corrected chi connectivity index (χ1v) is 14.4. The maximum atomic E-state index is 15.4. The zero-order valence-corrected chi connectivity index (χ0v) is 24.4. The van der Waals surface area contributed by atoms with Crippen molar-refractivity contribution in [2.24, 2.45) is 12.8 Å². The van der Waals surface area contributed by atoms with Gasteiger partial charge in [0.1, 0.15) is 23.8 Å². The van der Waals surface area contributed by atoms with Crippen LogP contribution in [0.25, 0.3) is 33.3 Å². The Bertz CT molecular complexity index is 1830. The van der Waals surface area contributed by atoms with Gasteiger partial charge >= 0.3 is 0 Å². The van der Waals surface area contributed by atoms with Gasteiger partial charge in [-0.3, -0.25) is 9.67 Å². The van der Waals surface area contributed by atoms with Gasteiger partial charge in [0.2, 0.25) is 0 Å². The summed E-state index contributed by atoms with van der Waals surface area (Å²) in [5.41, 5.74) is 8.08. The molecule has 16 heteroatoms. The number of aromatic nitrogens is 7. The number of imidazole rings is 1. The molecule has 6 N–H and O–H groups in total. The second kappa shape index (κ2) is 12.2. The molecule has 1 aliphatic heterocycles. The van der Waals surface area contributed by atoms with Crippen LogP contribution in [0, 0.1) is 5.82 Å². The highest BCUT2D eigenvalue weighted by molar-refractivity contribution is 5.85. The summed E-state index contributed by atoms with van der Waals surface area (Å²) in [4.78, 5) is 19.4. The first-order chi connectivity index (χ1) is 21.6. The average Bonchev–Trinajstić information content (AvgIpc) is 3.61. The molecule has 0 radical (unpaired) electrons. The smallest absolute Gasteiger partial charge is 0.265 e. The van der Waals surface area contributed by atoms with Gasteiger partial charge in [0.25, 0.3) is 6.43 Å². The molecule has 0 amide bonds. The predicted octanol–water partition coefficient (Wildman–Crippen LogP) is 1.65. The molecule has 0 unspecified atom stereocenters. The summed E-state index contributed by atoms with van der Waals surface area (Å²) >= 11 is 0. The number of hydrogen-bond donors (Lipinski definition) is 5. The molecule has 1 aliphatic rings. The number of halogens is 3. The lowest BCUT2D eigenvalue weighted by molar-refractivity contribution is -0.0529. The SMILES string of the molecule is Cn1ncc2cc(-c3cc(Cn4cnc5c(NC(CO)CO)ncnc54)c(N4CCC[C@](N)([C@H](O)C(F)F)C4)cn3)c(F)cc21. The van der Waals surface area contributed by atoms with Crippen LogP contribution in [-0.2, 0) is 13.6 Å². The van der Waals surface area contributed by atoms with Crippen molar-refractivity contribution in [1.29, 1.82) is 0 Å². The van der Waals surface area contributed by atoms with Crippen LogP contribution in [0.1, 0.15) is 18.4 Å². The molecule has 1 fully saturated rings. The molecule has 2 atom stereocenters. The van der Waals surface area contributed by atoms with Crippen LogP contribution in [0.3, 0.4) is 0 Å². The number of aryl methyl sites for hydroxylation is 1. The van der Waals surface area contributed by atoms with Gasteiger partial charge in [0.05, 0.1) is 67.0 Å². The summed E-state index contributed by atoms with van der Waals surface area (Å²) in [6.45, 7) is -0.0574. The van der Waals surface area contributed by atoms with Crippen LogP contribution in [0.5, 0.6) is 0 Å². The Hall–Kier alpha value is -4.38. The van der Waals surface area contributed by atoms with Crippen LogP contribution < -0.4 is 16.0 Å². The van der Waals surface area contributed by atoms with Crippen molar-refractivity contribution < 1.29 is 28.5 Å². The standard InChI is InChI=1S/C29H33F3N10O3/c1-40-22-7-20(30)19(5-16(22)8-38-40)21-6-17(23(9-34-21)41-4-2-3-29(33,13-41)25(45)26(31)32)10-42-15-37-24-27(35-14-36-28(24)42)39-18(11-43)12-44/h5-9,14-15,18,25-26,43-45H,2-4,10-13,33H2,1H3,(H,35,36,39)/t25-,29-/m1/s1. The number of anilines is 2. The van der Waals surface area contributed by atoms with Gasteiger partial charge in [0.15, 0.2) is 11.5 Å². The summed E-state index contributed by atoms with van der Waals surface area (Å²) in [6, 6.07) is 4.14. The maximum Gasteiger partial charge on any atom is 0.265 e. The third-order valence-corrected chi connectivity index (χ3v) is 8.32. The Kier molecular flexibility index (Phi) is 8.30. The third-order valence-electron chi connectivity index (χ3n) is 8.32. The minimum Gasteiger partial charge on any atom is -0.394 e. The number of hydrogen-bond acceptors (Lipinski definition) is 11. The molecule has 0 saturated carbocycles. The van der Waals surface area contributed by atoms with Gasteiger partial charge in [0, 0.05) is 37.2 Å². The fourth-order valence-corrected chi connectivity index (χ4v) is 5.86. The van der Waals surface area contributed by atoms with Crippen molar-refractivity contribution in [3.63, 3.8) is 0 Å². The molecule has 1 saturated heterocycles. The lowest BCUT2D eigenvalue weighted by Crippen LogP contribution is -2.63. The molecule has 0 bridgehead atoms. The number of benzene rings is 1. The van der Waals surface area contributed by atoms with E-state index in [-0.39, 0.29) is 38.3 Å². The third kappa shape index (κ3) is 5.77. The van der Waals surface area contributed by atoms with Crippen molar-refractivity contribution in [1.82, 2.24) is 34.3 Å². The number of nitrogens with zero attached hydrogens (tertiary/aromatic N) is 8. The average molecular weight is 627 g/mol. The zero-order valence-electron chi connectivity index (χ0n) is 24.4. The maximum absolute atomic E-state index is 15.4. The fourth-order valence-electron chi connectivity index (χ4n) is 5.86. The highest BCUT2D eigenvalue weighted by Crippen LogP contribution is 2.34. The number of alkyl halides is 2. The van der Waals surface area contributed by atoms with E-state index in [0.717, 1.165) is 5.39 Å². The monoisotopic (exact) mass is 626 g/mol. The van der Waals surface area contributed by atoms with Crippen molar-refractivity contribution in [2.45, 2.75) is 43.5 Å². The quantitative estimate of drug-likeness (QED) is 0.152. The Morgan fingerprint density at radius 3 is 2.64 bits per heavy atom. The van der Waals surface area contributed by atoms with Crippen molar-refractivity contribution in [3.8, 4) is 11.3 Å². The number of pyridine rings is 1. The van der Waals surface area contributed by atoms with E-state index in [1.165, 1.54) is 12.4 Å². The Balaban J connectivity index is 1.43. The van der Waals surface area contributed by atoms with Gasteiger partial charge in [-0.25, -0.2) is 28.1 Å². The van der Waals surface area contributed by atoms with Crippen molar-refractivity contribution in [2.75, 3.05) is 36.5 Å². The molecular weight excluding hydrogens is 593 g/mol. The number of rotatable bonds is 10. The number of nitrogens with one attached hydrogen (secondary N) is 1. The van der Waals surface area contributed by atoms with Crippen LogP contribution in [-0.4, -0.2) is 100 Å². The Labute approximate surface area is 255 Å². The molecule has 1 aromatic carbocycles. The lowest BCUT2D eigenvalue weighted by atomic mass is 9.84. The first kappa shape index (κ1) is 30.6. The van der Waals surface area contributed by atoms with E-state index in [1.54, 1.807) is 47.2 Å². The molecule has 5 aromatic rings. The van der Waals surface area contributed by atoms with Crippen LogP contribution in [0.4, 0.5) is 24.7 Å². The number of fused-ring (bicyclic) bond motifs is 2. The molecule has 0 aliphatic carbocycles. The van der Waals surface area contributed by atoms with E-state index in [1.807, 2.05) is 4.90 Å². The number of nitrogens with two attached hydrogens (primary N) is 1. The molecule has 5 heterocycles. The number of piperidine rings is 1. The number of aliphatic hydroxyl groups excluding tert-OH is 3. The molecular formula is C29H33F3N10O3. The van der Waals surface area contributed by atoms with Gasteiger partial charge in [-0.15, -0.1) is 0 Å². The first-order valence-electron chi connectivity index (χ1n) is 14.4. The van der Waals surface area contributed by atoms with E-state index in [4.69, 9.17) is 5.73 Å². The molecule has 0 spiro atoms. The molecule has 45 heavy (non-hydrogen) atoms. The van der Waals surface area contributed by atoms with E-state index < -0.39 is 29.9 Å². The highest BCUT2D eigenvalue weighted by atomic mass is 19.3. The van der Waals surface area contributed by atoms with E-state index in [0.29, 0.717) is 52.4 Å². The van der Waals surface area contributed by atoms with E-state index in [9.17, 15) is 24.1 Å². The molecule has 6 rings (SSSR count). The molecule has 4 aromatic heterocycles. The Morgan fingerprint density at radius 2 is 1.89 bits per heavy atom. The van der Waals surface area contributed by atoms with Gasteiger partial charge in [-0.1, -0.05) is 0 Å². The lowest BCUT2D eigenvalue weighted by Gasteiger charge is -2.44. The predicted molar refractivity (Wildman–Crippen MR) is 160 cm³/mol. The minimum atomic E-state index is -3.00. The largest absolute Gasteiger partial charge is 0.394 e. The van der Waals surface area contributed by atoms with E-state index in [2.05, 4.69) is 30.4 Å². The summed E-state index contributed by atoms with van der Waals surface area (Å²) < 4.78 is 45.9. The van der Waals surface area contributed by atoms with Gasteiger partial charge < -0.3 is 35.8 Å². The summed E-state index contributed by atoms with van der Waals surface area (Å²) in [6.07, 6.45) is 1.73. The van der Waals surface area contributed by atoms with Gasteiger partial charge in [-0.2, -0.15) is 5.10 Å².